The fraction of sp³-hybridized carbons (Fsp3) is 0.500. The van der Waals surface area contributed by atoms with Crippen LogP contribution in [0, 0.1) is 5.92 Å². The smallest absolute Gasteiger partial charge is 0.324 e. The average molecular weight is 386 g/mol. The molecule has 0 saturated carbocycles. The minimum absolute atomic E-state index is 0.104. The van der Waals surface area contributed by atoms with Crippen molar-refractivity contribution >= 4 is 23.6 Å². The second kappa shape index (κ2) is 8.00. The second-order valence-corrected chi connectivity index (χ2v) is 7.96. The minimum atomic E-state index is -0.471. The SMILES string of the molecule is CC(=O)Nc1cccc(-c2noc(N3CCC(C(=O)OC(C)(C)C)CC3)n2)c1. The molecule has 2 aromatic rings. The van der Waals surface area contributed by atoms with Gasteiger partial charge in [-0.15, -0.1) is 0 Å². The first kappa shape index (κ1) is 19.9. The van der Waals surface area contributed by atoms with Crippen molar-refractivity contribution in [3.05, 3.63) is 24.3 Å². The maximum Gasteiger partial charge on any atom is 0.324 e. The lowest BCUT2D eigenvalue weighted by Crippen LogP contribution is -2.39. The van der Waals surface area contributed by atoms with Crippen LogP contribution in [0.2, 0.25) is 0 Å². The predicted octanol–water partition coefficient (Wildman–Crippen LogP) is 3.25. The third-order valence-electron chi connectivity index (χ3n) is 4.36. The topological polar surface area (TPSA) is 97.6 Å². The standard InChI is InChI=1S/C20H26N4O4/c1-13(25)21-16-7-5-6-15(12-16)17-22-19(28-23-17)24-10-8-14(9-11-24)18(26)27-20(2,3)4/h5-7,12,14H,8-11H2,1-4H3,(H,21,25). The number of rotatable bonds is 4. The molecule has 0 spiro atoms. The molecule has 1 aromatic heterocycles. The Labute approximate surface area is 164 Å². The van der Waals surface area contributed by atoms with E-state index in [0.717, 1.165) is 5.56 Å². The molecule has 2 heterocycles. The predicted molar refractivity (Wildman–Crippen MR) is 105 cm³/mol. The van der Waals surface area contributed by atoms with E-state index in [1.165, 1.54) is 6.92 Å². The zero-order chi connectivity index (χ0) is 20.3. The second-order valence-electron chi connectivity index (χ2n) is 7.96. The van der Waals surface area contributed by atoms with E-state index in [1.807, 2.05) is 37.8 Å². The highest BCUT2D eigenvalue weighted by molar-refractivity contribution is 5.89. The summed E-state index contributed by atoms with van der Waals surface area (Å²) in [7, 11) is 0. The molecule has 8 nitrogen and oxygen atoms in total. The van der Waals surface area contributed by atoms with Gasteiger partial charge in [0.15, 0.2) is 0 Å². The Kier molecular flexibility index (Phi) is 5.67. The van der Waals surface area contributed by atoms with Gasteiger partial charge in [-0.3, -0.25) is 9.59 Å². The summed E-state index contributed by atoms with van der Waals surface area (Å²) in [5.41, 5.74) is 0.959. The fourth-order valence-corrected chi connectivity index (χ4v) is 3.09. The van der Waals surface area contributed by atoms with E-state index in [4.69, 9.17) is 9.26 Å². The van der Waals surface area contributed by atoms with Crippen molar-refractivity contribution in [3.8, 4) is 11.4 Å². The Morgan fingerprint density at radius 3 is 2.61 bits per heavy atom. The number of piperidine rings is 1. The maximum absolute atomic E-state index is 12.2. The number of nitrogens with zero attached hydrogens (tertiary/aromatic N) is 3. The van der Waals surface area contributed by atoms with Gasteiger partial charge in [-0.05, 0) is 45.7 Å². The average Bonchev–Trinajstić information content (AvgIpc) is 3.10. The molecule has 1 aliphatic rings. The summed E-state index contributed by atoms with van der Waals surface area (Å²) in [6.45, 7) is 8.39. The van der Waals surface area contributed by atoms with Crippen LogP contribution >= 0.6 is 0 Å². The lowest BCUT2D eigenvalue weighted by molar-refractivity contribution is -0.160. The van der Waals surface area contributed by atoms with Crippen molar-refractivity contribution in [3.63, 3.8) is 0 Å². The minimum Gasteiger partial charge on any atom is -0.460 e. The van der Waals surface area contributed by atoms with Gasteiger partial charge in [0.25, 0.3) is 0 Å². The van der Waals surface area contributed by atoms with Gasteiger partial charge in [-0.25, -0.2) is 0 Å². The van der Waals surface area contributed by atoms with Crippen molar-refractivity contribution in [2.45, 2.75) is 46.1 Å². The van der Waals surface area contributed by atoms with E-state index >= 15 is 0 Å². The third kappa shape index (κ3) is 5.09. The molecule has 0 aliphatic carbocycles. The van der Waals surface area contributed by atoms with E-state index in [2.05, 4.69) is 15.5 Å². The summed E-state index contributed by atoms with van der Waals surface area (Å²) in [5.74, 6) is 0.0654. The summed E-state index contributed by atoms with van der Waals surface area (Å²) in [6.07, 6.45) is 1.37. The van der Waals surface area contributed by atoms with Crippen molar-refractivity contribution < 1.29 is 18.8 Å². The normalized spacial score (nSPS) is 15.4. The molecule has 28 heavy (non-hydrogen) atoms. The third-order valence-corrected chi connectivity index (χ3v) is 4.36. The largest absolute Gasteiger partial charge is 0.460 e. The van der Waals surface area contributed by atoms with E-state index in [-0.39, 0.29) is 17.8 Å². The molecule has 150 valence electrons. The van der Waals surface area contributed by atoms with Crippen LogP contribution in [0.3, 0.4) is 0 Å². The van der Waals surface area contributed by atoms with Gasteiger partial charge in [0.1, 0.15) is 5.60 Å². The number of nitrogens with one attached hydrogen (secondary N) is 1. The molecule has 1 fully saturated rings. The lowest BCUT2D eigenvalue weighted by Gasteiger charge is -2.31. The molecule has 1 aromatic carbocycles. The number of carbonyl (C=O) groups is 2. The molecule has 0 unspecified atom stereocenters. The van der Waals surface area contributed by atoms with E-state index < -0.39 is 5.60 Å². The molecule has 1 N–H and O–H groups in total. The molecule has 0 atom stereocenters. The van der Waals surface area contributed by atoms with E-state index in [1.54, 1.807) is 12.1 Å². The maximum atomic E-state index is 12.2. The first-order valence-corrected chi connectivity index (χ1v) is 9.41. The van der Waals surface area contributed by atoms with Gasteiger partial charge < -0.3 is 19.5 Å². The van der Waals surface area contributed by atoms with E-state index in [9.17, 15) is 9.59 Å². The lowest BCUT2D eigenvalue weighted by atomic mass is 9.97. The van der Waals surface area contributed by atoms with Crippen molar-refractivity contribution in [1.82, 2.24) is 10.1 Å². The summed E-state index contributed by atoms with van der Waals surface area (Å²) in [4.78, 5) is 29.9. The molecule has 0 bridgehead atoms. The number of hydrogen-bond donors (Lipinski definition) is 1. The van der Waals surface area contributed by atoms with Gasteiger partial charge in [-0.2, -0.15) is 4.98 Å². The molecule has 0 radical (unpaired) electrons. The Bertz CT molecular complexity index is 848. The molecule has 1 amide bonds. The summed E-state index contributed by atoms with van der Waals surface area (Å²) < 4.78 is 10.9. The van der Waals surface area contributed by atoms with Crippen LogP contribution in [0.15, 0.2) is 28.8 Å². The molecular weight excluding hydrogens is 360 g/mol. The number of benzene rings is 1. The van der Waals surface area contributed by atoms with Gasteiger partial charge in [0, 0.05) is 31.3 Å². The number of anilines is 2. The van der Waals surface area contributed by atoms with Crippen LogP contribution in [0.1, 0.15) is 40.5 Å². The number of amides is 1. The number of hydrogen-bond acceptors (Lipinski definition) is 7. The van der Waals surface area contributed by atoms with Gasteiger partial charge >= 0.3 is 12.0 Å². The quantitative estimate of drug-likeness (QED) is 0.806. The zero-order valence-corrected chi connectivity index (χ0v) is 16.7. The highest BCUT2D eigenvalue weighted by Gasteiger charge is 2.30. The highest BCUT2D eigenvalue weighted by Crippen LogP contribution is 2.27. The Balaban J connectivity index is 1.63. The monoisotopic (exact) mass is 386 g/mol. The van der Waals surface area contributed by atoms with Gasteiger partial charge in [-0.1, -0.05) is 17.3 Å². The molecule has 3 rings (SSSR count). The van der Waals surface area contributed by atoms with Crippen LogP contribution in [0.5, 0.6) is 0 Å². The molecular formula is C20H26N4O4. The number of esters is 1. The highest BCUT2D eigenvalue weighted by atomic mass is 16.6. The van der Waals surface area contributed by atoms with Crippen LogP contribution in [0.4, 0.5) is 11.7 Å². The van der Waals surface area contributed by atoms with Crippen molar-refractivity contribution in [2.75, 3.05) is 23.3 Å². The number of ether oxygens (including phenoxy) is 1. The van der Waals surface area contributed by atoms with Crippen LogP contribution < -0.4 is 10.2 Å². The first-order chi connectivity index (χ1) is 13.2. The van der Waals surface area contributed by atoms with Crippen LogP contribution in [-0.2, 0) is 14.3 Å². The van der Waals surface area contributed by atoms with Crippen LogP contribution in [-0.4, -0.2) is 40.7 Å². The summed E-state index contributed by atoms with van der Waals surface area (Å²) in [6, 6.07) is 7.71. The van der Waals surface area contributed by atoms with Crippen molar-refractivity contribution in [1.29, 1.82) is 0 Å². The number of aromatic nitrogens is 2. The first-order valence-electron chi connectivity index (χ1n) is 9.41. The van der Waals surface area contributed by atoms with Gasteiger partial charge in [0.05, 0.1) is 5.92 Å². The fourth-order valence-electron chi connectivity index (χ4n) is 3.09. The Hall–Kier alpha value is -2.90. The van der Waals surface area contributed by atoms with Gasteiger partial charge in [0.2, 0.25) is 11.7 Å². The Morgan fingerprint density at radius 1 is 1.25 bits per heavy atom. The zero-order valence-electron chi connectivity index (χ0n) is 16.7. The summed E-state index contributed by atoms with van der Waals surface area (Å²) >= 11 is 0. The Morgan fingerprint density at radius 2 is 1.96 bits per heavy atom. The summed E-state index contributed by atoms with van der Waals surface area (Å²) in [5, 5.41) is 6.79. The van der Waals surface area contributed by atoms with Crippen molar-refractivity contribution in [2.24, 2.45) is 5.92 Å². The molecule has 8 heteroatoms. The van der Waals surface area contributed by atoms with Crippen LogP contribution in [0.25, 0.3) is 11.4 Å². The molecule has 1 aliphatic heterocycles. The number of carbonyl (C=O) groups excluding carboxylic acids is 2. The van der Waals surface area contributed by atoms with E-state index in [0.29, 0.717) is 43.5 Å². The molecule has 1 saturated heterocycles.